The first kappa shape index (κ1) is 66.8. The van der Waals surface area contributed by atoms with E-state index in [1.54, 1.807) is 0 Å². The molecule has 0 spiro atoms. The van der Waals surface area contributed by atoms with E-state index in [0.717, 1.165) is 57.8 Å². The Kier molecular flexibility index (Phi) is 48.4. The molecule has 68 heavy (non-hydrogen) atoms. The van der Waals surface area contributed by atoms with E-state index in [0.29, 0.717) is 23.9 Å². The number of hydrogen-bond acceptors (Lipinski definition) is 6. The zero-order chi connectivity index (χ0) is 50.1. The Bertz CT molecular complexity index is 1180. The Hall–Kier alpha value is -1.25. The Morgan fingerprint density at radius 1 is 0.500 bits per heavy atom. The molecule has 2 N–H and O–H groups in total. The molecule has 0 fully saturated rings. The average molecular weight is 985 g/mol. The summed E-state index contributed by atoms with van der Waals surface area (Å²) in [6, 6.07) is -0.838. The molecule has 10 heteroatoms. The van der Waals surface area contributed by atoms with Gasteiger partial charge in [0.2, 0.25) is 5.91 Å². The van der Waals surface area contributed by atoms with Crippen LogP contribution in [0, 0.1) is 0 Å². The van der Waals surface area contributed by atoms with Crippen LogP contribution in [0.3, 0.4) is 0 Å². The summed E-state index contributed by atoms with van der Waals surface area (Å²) >= 11 is 0. The summed E-state index contributed by atoms with van der Waals surface area (Å²) in [7, 11) is 1.52. The number of likely N-dealkylation sites (N-methyl/N-ethyl adjacent to an activating group) is 1. The molecule has 0 rings (SSSR count). The number of phosphoric ester groups is 1. The highest BCUT2D eigenvalue weighted by Gasteiger charge is 2.30. The van der Waals surface area contributed by atoms with Crippen LogP contribution in [-0.2, 0) is 27.9 Å². The second kappa shape index (κ2) is 49.3. The first-order chi connectivity index (χ1) is 32.9. The van der Waals surface area contributed by atoms with E-state index in [9.17, 15) is 19.0 Å². The van der Waals surface area contributed by atoms with E-state index in [4.69, 9.17) is 13.8 Å². The fourth-order valence-electron chi connectivity index (χ4n) is 8.88. The molecule has 0 saturated heterocycles. The predicted molar refractivity (Wildman–Crippen MR) is 291 cm³/mol. The van der Waals surface area contributed by atoms with Gasteiger partial charge in [0.1, 0.15) is 19.3 Å². The topological polar surface area (TPSA) is 111 Å². The summed E-state index contributed by atoms with van der Waals surface area (Å²) in [5, 5.41) is 3.06. The lowest BCUT2D eigenvalue weighted by molar-refractivity contribution is -0.870. The second-order valence-corrected chi connectivity index (χ2v) is 23.0. The molecule has 0 radical (unpaired) electrons. The van der Waals surface area contributed by atoms with E-state index >= 15 is 0 Å². The molecule has 0 aromatic heterocycles. The molecule has 404 valence electrons. The highest BCUT2D eigenvalue weighted by molar-refractivity contribution is 7.47. The normalized spacial score (nSPS) is 13.8. The van der Waals surface area contributed by atoms with E-state index < -0.39 is 20.0 Å². The number of ether oxygens (including phenoxy) is 1. The number of hydrogen-bond donors (Lipinski definition) is 2. The highest BCUT2D eigenvalue weighted by atomic mass is 31.2. The van der Waals surface area contributed by atoms with Gasteiger partial charge in [0.15, 0.2) is 0 Å². The maximum atomic E-state index is 13.5. The molecule has 0 saturated carbocycles. The Balaban J connectivity index is 5.32. The monoisotopic (exact) mass is 984 g/mol. The van der Waals surface area contributed by atoms with Gasteiger partial charge in [-0.1, -0.05) is 264 Å². The molecule has 1 amide bonds. The molecular weight excluding hydrogens is 868 g/mol. The zero-order valence-corrected chi connectivity index (χ0v) is 47.0. The van der Waals surface area contributed by atoms with E-state index in [1.807, 2.05) is 33.3 Å². The lowest BCUT2D eigenvalue weighted by Gasteiger charge is -2.27. The van der Waals surface area contributed by atoms with Gasteiger partial charge in [-0.25, -0.2) is 4.57 Å². The molecule has 0 aliphatic carbocycles. The van der Waals surface area contributed by atoms with Crippen LogP contribution in [0.4, 0.5) is 0 Å². The molecule has 0 aromatic rings. The third-order valence-corrected chi connectivity index (χ3v) is 14.5. The summed E-state index contributed by atoms with van der Waals surface area (Å²) in [5.41, 5.74) is 0. The number of unbranched alkanes of at least 4 members (excludes halogenated alkanes) is 38. The standard InChI is InChI=1S/C58H115N2O7P/c1-7-10-13-16-19-22-25-28-30-33-36-39-42-45-48-51-58(62)67-56(49-46-43-40-37-34-31-27-24-21-18-15-12-9-3)55(54-66-68(63,64)65-53-52-60(4,5)6)59-57(61)50-47-44-41-38-35-32-29-26-23-20-17-14-11-8-2/h46,49,55-56H,7-45,47-48,50-54H2,1-6H3,(H-,59,61,63,64)/p+1/b49-46+. The van der Waals surface area contributed by atoms with Gasteiger partial charge in [0, 0.05) is 12.8 Å². The van der Waals surface area contributed by atoms with Crippen LogP contribution in [0.2, 0.25) is 0 Å². The number of esters is 1. The lowest BCUT2D eigenvalue weighted by atomic mass is 10.0. The largest absolute Gasteiger partial charge is 0.472 e. The molecule has 0 aliphatic rings. The van der Waals surface area contributed by atoms with Crippen molar-refractivity contribution in [1.82, 2.24) is 5.32 Å². The van der Waals surface area contributed by atoms with Crippen LogP contribution in [0.1, 0.15) is 297 Å². The van der Waals surface area contributed by atoms with Crippen LogP contribution in [0.15, 0.2) is 12.2 Å². The minimum atomic E-state index is -4.43. The molecule has 0 aliphatic heterocycles. The van der Waals surface area contributed by atoms with E-state index in [2.05, 4.69) is 26.1 Å². The summed E-state index contributed by atoms with van der Waals surface area (Å²) in [4.78, 5) is 37.6. The van der Waals surface area contributed by atoms with E-state index in [-0.39, 0.29) is 25.1 Å². The van der Waals surface area contributed by atoms with Gasteiger partial charge in [-0.15, -0.1) is 0 Å². The van der Waals surface area contributed by atoms with Gasteiger partial charge in [0.05, 0.1) is 33.8 Å². The van der Waals surface area contributed by atoms with Crippen molar-refractivity contribution < 1.29 is 37.3 Å². The molecule has 9 nitrogen and oxygen atoms in total. The number of amides is 1. The number of carbonyl (C=O) groups excluding carboxylic acids is 2. The minimum absolute atomic E-state index is 0.0456. The van der Waals surface area contributed by atoms with Crippen molar-refractivity contribution in [3.63, 3.8) is 0 Å². The SMILES string of the molecule is CCCCCCCCCCCCC/C=C/C(OC(=O)CCCCCCCCCCCCCCCCC)C(COP(=O)(O)OCC[N+](C)(C)C)NC(=O)CCCCCCCCCCCCCCCC. The Labute approximate surface area is 422 Å². The zero-order valence-electron chi connectivity index (χ0n) is 46.1. The van der Waals surface area contributed by atoms with Crippen molar-refractivity contribution in [3.8, 4) is 0 Å². The third kappa shape index (κ3) is 49.7. The highest BCUT2D eigenvalue weighted by Crippen LogP contribution is 2.43. The number of allylic oxidation sites excluding steroid dienone is 1. The summed E-state index contributed by atoms with van der Waals surface area (Å²) in [6.45, 7) is 7.05. The van der Waals surface area contributed by atoms with Crippen LogP contribution in [-0.4, -0.2) is 74.3 Å². The van der Waals surface area contributed by atoms with Crippen molar-refractivity contribution in [1.29, 1.82) is 0 Å². The number of nitrogens with one attached hydrogen (secondary N) is 1. The van der Waals surface area contributed by atoms with Gasteiger partial charge < -0.3 is 19.4 Å². The lowest BCUT2D eigenvalue weighted by Crippen LogP contribution is -2.47. The van der Waals surface area contributed by atoms with Crippen LogP contribution in [0.25, 0.3) is 0 Å². The molecule has 0 aromatic carbocycles. The van der Waals surface area contributed by atoms with Crippen LogP contribution < -0.4 is 5.32 Å². The van der Waals surface area contributed by atoms with Crippen molar-refractivity contribution in [2.24, 2.45) is 0 Å². The number of carbonyl (C=O) groups is 2. The van der Waals surface area contributed by atoms with Crippen molar-refractivity contribution >= 4 is 19.7 Å². The first-order valence-corrected chi connectivity index (χ1v) is 31.0. The number of quaternary nitrogens is 1. The maximum absolute atomic E-state index is 13.5. The molecular formula is C58H116N2O7P+. The van der Waals surface area contributed by atoms with Gasteiger partial charge in [-0.3, -0.25) is 18.6 Å². The Morgan fingerprint density at radius 3 is 1.21 bits per heavy atom. The summed E-state index contributed by atoms with van der Waals surface area (Å²) in [5.74, 6) is -0.486. The molecule has 0 bridgehead atoms. The second-order valence-electron chi connectivity index (χ2n) is 21.5. The summed E-state index contributed by atoms with van der Waals surface area (Å²) in [6.07, 6.45) is 54.8. The predicted octanol–water partition coefficient (Wildman–Crippen LogP) is 17.6. The van der Waals surface area contributed by atoms with Gasteiger partial charge in [0.25, 0.3) is 0 Å². The van der Waals surface area contributed by atoms with E-state index in [1.165, 1.54) is 205 Å². The average Bonchev–Trinajstić information content (AvgIpc) is 3.29. The maximum Gasteiger partial charge on any atom is 0.472 e. The first-order valence-electron chi connectivity index (χ1n) is 29.5. The molecule has 3 atom stereocenters. The third-order valence-electron chi connectivity index (χ3n) is 13.5. The molecule has 3 unspecified atom stereocenters. The van der Waals surface area contributed by atoms with Gasteiger partial charge in [-0.2, -0.15) is 0 Å². The van der Waals surface area contributed by atoms with Gasteiger partial charge in [-0.05, 0) is 31.8 Å². The van der Waals surface area contributed by atoms with Crippen molar-refractivity contribution in [3.05, 3.63) is 12.2 Å². The Morgan fingerprint density at radius 2 is 0.838 bits per heavy atom. The van der Waals surface area contributed by atoms with Crippen LogP contribution in [0.5, 0.6) is 0 Å². The van der Waals surface area contributed by atoms with Crippen molar-refractivity contribution in [2.75, 3.05) is 40.9 Å². The van der Waals surface area contributed by atoms with Gasteiger partial charge >= 0.3 is 13.8 Å². The molecule has 0 heterocycles. The summed E-state index contributed by atoms with van der Waals surface area (Å²) < 4.78 is 30.6. The fraction of sp³-hybridized carbons (Fsp3) is 0.931. The smallest absolute Gasteiger partial charge is 0.456 e. The van der Waals surface area contributed by atoms with Crippen LogP contribution >= 0.6 is 7.82 Å². The minimum Gasteiger partial charge on any atom is -0.456 e. The number of phosphoric acid groups is 1. The van der Waals surface area contributed by atoms with Crippen molar-refractivity contribution in [2.45, 2.75) is 309 Å². The number of nitrogens with zero attached hydrogens (tertiary/aromatic N) is 1. The fourth-order valence-corrected chi connectivity index (χ4v) is 9.62. The number of rotatable bonds is 54. The quantitative estimate of drug-likeness (QED) is 0.0205.